The monoisotopic (exact) mass is 491 g/mol. The lowest BCUT2D eigenvalue weighted by molar-refractivity contribution is 0.00633. The summed E-state index contributed by atoms with van der Waals surface area (Å²) in [6.45, 7) is 1.81. The Morgan fingerprint density at radius 1 is 0.853 bits per heavy atom. The first-order chi connectivity index (χ1) is 16.4. The summed E-state index contributed by atoms with van der Waals surface area (Å²) in [7, 11) is 0. The second kappa shape index (κ2) is 9.06. The fourth-order valence-electron chi connectivity index (χ4n) is 3.96. The predicted molar refractivity (Wildman–Crippen MR) is 131 cm³/mol. The number of anilines is 1. The van der Waals surface area contributed by atoms with Gasteiger partial charge >= 0.3 is 0 Å². The summed E-state index contributed by atoms with van der Waals surface area (Å²) in [5.41, 5.74) is 2.83. The van der Waals surface area contributed by atoms with Crippen molar-refractivity contribution >= 4 is 40.6 Å². The van der Waals surface area contributed by atoms with Crippen molar-refractivity contribution in [1.82, 2.24) is 9.78 Å². The highest BCUT2D eigenvalue weighted by molar-refractivity contribution is 6.31. The molecule has 8 heteroatoms. The molecule has 1 aliphatic heterocycles. The number of hydrogen-bond donors (Lipinski definition) is 1. The van der Waals surface area contributed by atoms with E-state index in [4.69, 9.17) is 27.9 Å². The molecule has 0 amide bonds. The van der Waals surface area contributed by atoms with E-state index in [-0.39, 0.29) is 11.6 Å². The number of Topliss-reactive ketones (excluding diaryl/α,β-unsaturated/α-hetero) is 2. The van der Waals surface area contributed by atoms with Gasteiger partial charge in [-0.3, -0.25) is 9.59 Å². The van der Waals surface area contributed by atoms with E-state index in [0.717, 1.165) is 5.69 Å². The molecule has 6 nitrogen and oxygen atoms in total. The maximum Gasteiger partial charge on any atom is 0.212 e. The number of ketones is 2. The standard InChI is InChI=1S/C26H19Cl2N3O3/c1-15-21-24(22(32)16-7-11-18(27)12-8-16)34-26(23(33)17-9-13-19(28)14-10-17)29-25(21)31(30-15)20-5-3-2-4-6-20/h2-14,24,26,29H,1H3/t24-,26+/m1/s1. The van der Waals surface area contributed by atoms with Crippen molar-refractivity contribution in [3.63, 3.8) is 0 Å². The van der Waals surface area contributed by atoms with Crippen LogP contribution in [0.1, 0.15) is 38.1 Å². The van der Waals surface area contributed by atoms with Crippen LogP contribution in [-0.2, 0) is 4.74 Å². The first-order valence-electron chi connectivity index (χ1n) is 10.6. The van der Waals surface area contributed by atoms with Crippen molar-refractivity contribution < 1.29 is 14.3 Å². The number of nitrogens with one attached hydrogen (secondary N) is 1. The average Bonchev–Trinajstić information content (AvgIpc) is 3.20. The van der Waals surface area contributed by atoms with Gasteiger partial charge < -0.3 is 10.1 Å². The smallest absolute Gasteiger partial charge is 0.212 e. The molecule has 2 heterocycles. The molecule has 0 aliphatic carbocycles. The summed E-state index contributed by atoms with van der Waals surface area (Å²) < 4.78 is 7.80. The zero-order valence-corrected chi connectivity index (χ0v) is 19.5. The van der Waals surface area contributed by atoms with Crippen LogP contribution in [0.5, 0.6) is 0 Å². The van der Waals surface area contributed by atoms with Crippen molar-refractivity contribution in [3.05, 3.63) is 111 Å². The van der Waals surface area contributed by atoms with Gasteiger partial charge in [0, 0.05) is 21.2 Å². The molecule has 1 aromatic heterocycles. The second-order valence-corrected chi connectivity index (χ2v) is 8.75. The average molecular weight is 492 g/mol. The Balaban J connectivity index is 1.60. The molecule has 0 bridgehead atoms. The Kier molecular flexibility index (Phi) is 5.96. The van der Waals surface area contributed by atoms with Crippen molar-refractivity contribution in [2.75, 3.05) is 5.32 Å². The van der Waals surface area contributed by atoms with Gasteiger partial charge in [-0.1, -0.05) is 41.4 Å². The number of para-hydroxylation sites is 1. The molecule has 0 saturated heterocycles. The number of rotatable bonds is 5. The van der Waals surface area contributed by atoms with Crippen LogP contribution < -0.4 is 5.32 Å². The number of aromatic nitrogens is 2. The Hall–Kier alpha value is -3.45. The highest BCUT2D eigenvalue weighted by Gasteiger charge is 2.40. The SMILES string of the molecule is Cc1nn(-c2ccccc2)c2c1[C@H](C(=O)c1ccc(Cl)cc1)O[C@@H](C(=O)c1ccc(Cl)cc1)N2. The molecule has 170 valence electrons. The lowest BCUT2D eigenvalue weighted by Crippen LogP contribution is -2.40. The van der Waals surface area contributed by atoms with E-state index in [9.17, 15) is 9.59 Å². The number of nitrogens with zero attached hydrogens (tertiary/aromatic N) is 2. The Morgan fingerprint density at radius 2 is 1.41 bits per heavy atom. The van der Waals surface area contributed by atoms with Crippen molar-refractivity contribution in [2.45, 2.75) is 19.3 Å². The van der Waals surface area contributed by atoms with Crippen LogP contribution in [0.3, 0.4) is 0 Å². The molecular formula is C26H19Cl2N3O3. The molecule has 1 aliphatic rings. The van der Waals surface area contributed by atoms with Crippen LogP contribution in [0.25, 0.3) is 5.69 Å². The number of fused-ring (bicyclic) bond motifs is 1. The first-order valence-corrected chi connectivity index (χ1v) is 11.3. The van der Waals surface area contributed by atoms with Crippen molar-refractivity contribution in [3.8, 4) is 5.69 Å². The van der Waals surface area contributed by atoms with Gasteiger partial charge in [-0.15, -0.1) is 0 Å². The van der Waals surface area contributed by atoms with Gasteiger partial charge in [0.15, 0.2) is 18.1 Å². The zero-order chi connectivity index (χ0) is 23.8. The zero-order valence-electron chi connectivity index (χ0n) is 18.0. The van der Waals surface area contributed by atoms with Gasteiger partial charge in [-0.25, -0.2) is 4.68 Å². The van der Waals surface area contributed by atoms with Crippen LogP contribution in [0, 0.1) is 6.92 Å². The summed E-state index contributed by atoms with van der Waals surface area (Å²) in [4.78, 5) is 26.9. The molecule has 0 fully saturated rings. The van der Waals surface area contributed by atoms with E-state index in [1.807, 2.05) is 37.3 Å². The number of carbonyl (C=O) groups excluding carboxylic acids is 2. The maximum atomic E-state index is 13.6. The van der Waals surface area contributed by atoms with E-state index in [1.54, 1.807) is 53.2 Å². The topological polar surface area (TPSA) is 73.2 Å². The third kappa shape index (κ3) is 4.12. The van der Waals surface area contributed by atoms with Gasteiger partial charge in [0.2, 0.25) is 5.78 Å². The van der Waals surface area contributed by atoms with Crippen molar-refractivity contribution in [2.24, 2.45) is 0 Å². The number of ether oxygens (including phenoxy) is 1. The van der Waals surface area contributed by atoms with E-state index >= 15 is 0 Å². The van der Waals surface area contributed by atoms with Crippen LogP contribution >= 0.6 is 23.2 Å². The lowest BCUT2D eigenvalue weighted by Gasteiger charge is -2.31. The van der Waals surface area contributed by atoms with Gasteiger partial charge in [0.1, 0.15) is 5.82 Å². The third-order valence-electron chi connectivity index (χ3n) is 5.64. The number of hydrogen-bond acceptors (Lipinski definition) is 5. The minimum absolute atomic E-state index is 0.288. The number of benzene rings is 3. The third-order valence-corrected chi connectivity index (χ3v) is 6.15. The summed E-state index contributed by atoms with van der Waals surface area (Å²) in [5.74, 6) is -0.0756. The lowest BCUT2D eigenvalue weighted by atomic mass is 9.97. The van der Waals surface area contributed by atoms with Crippen molar-refractivity contribution in [1.29, 1.82) is 0 Å². The summed E-state index contributed by atoms with van der Waals surface area (Å²) in [6.07, 6.45) is -2.13. The molecule has 0 spiro atoms. The molecule has 0 saturated carbocycles. The van der Waals surface area contributed by atoms with Crippen LogP contribution in [-0.4, -0.2) is 27.6 Å². The van der Waals surface area contributed by atoms with E-state index in [0.29, 0.717) is 38.2 Å². The van der Waals surface area contributed by atoms with Crippen LogP contribution in [0.4, 0.5) is 5.82 Å². The van der Waals surface area contributed by atoms with Gasteiger partial charge in [0.25, 0.3) is 0 Å². The summed E-state index contributed by atoms with van der Waals surface area (Å²) in [5, 5.41) is 8.86. The highest BCUT2D eigenvalue weighted by atomic mass is 35.5. The second-order valence-electron chi connectivity index (χ2n) is 7.88. The quantitative estimate of drug-likeness (QED) is 0.343. The molecule has 34 heavy (non-hydrogen) atoms. The van der Waals surface area contributed by atoms with Gasteiger partial charge in [-0.05, 0) is 67.6 Å². The number of halogens is 2. The van der Waals surface area contributed by atoms with E-state index in [2.05, 4.69) is 10.4 Å². The predicted octanol–water partition coefficient (Wildman–Crippen LogP) is 6.06. The Bertz CT molecular complexity index is 1370. The van der Waals surface area contributed by atoms with Gasteiger partial charge in [0.05, 0.1) is 16.9 Å². The van der Waals surface area contributed by atoms with Gasteiger partial charge in [-0.2, -0.15) is 5.10 Å². The van der Waals surface area contributed by atoms with E-state index < -0.39 is 12.3 Å². The summed E-state index contributed by atoms with van der Waals surface area (Å²) in [6, 6.07) is 22.6. The van der Waals surface area contributed by atoms with E-state index in [1.165, 1.54) is 0 Å². The molecule has 4 aromatic rings. The van der Waals surface area contributed by atoms with Crippen LogP contribution in [0.2, 0.25) is 10.0 Å². The molecular weight excluding hydrogens is 473 g/mol. The molecule has 1 N–H and O–H groups in total. The van der Waals surface area contributed by atoms with Crippen LogP contribution in [0.15, 0.2) is 78.9 Å². The number of carbonyl (C=O) groups is 2. The molecule has 3 aromatic carbocycles. The first kappa shape index (κ1) is 22.3. The maximum absolute atomic E-state index is 13.6. The summed E-state index contributed by atoms with van der Waals surface area (Å²) >= 11 is 12.0. The fourth-order valence-corrected chi connectivity index (χ4v) is 4.21. The Morgan fingerprint density at radius 3 is 2.00 bits per heavy atom. The highest BCUT2D eigenvalue weighted by Crippen LogP contribution is 2.39. The minimum Gasteiger partial charge on any atom is -0.338 e. The fraction of sp³-hybridized carbons (Fsp3) is 0.115. The largest absolute Gasteiger partial charge is 0.338 e. The minimum atomic E-state index is -1.10. The number of aryl methyl sites for hydroxylation is 1. The molecule has 0 radical (unpaired) electrons. The molecule has 2 atom stereocenters. The normalized spacial score (nSPS) is 17.0. The molecule has 0 unspecified atom stereocenters. The molecule has 5 rings (SSSR count). The Labute approximate surface area is 206 Å².